The van der Waals surface area contributed by atoms with Gasteiger partial charge in [0.25, 0.3) is 11.6 Å². The van der Waals surface area contributed by atoms with Gasteiger partial charge >= 0.3 is 0 Å². The molecule has 21 heavy (non-hydrogen) atoms. The summed E-state index contributed by atoms with van der Waals surface area (Å²) in [5.41, 5.74) is 6.17. The highest BCUT2D eigenvalue weighted by Gasteiger charge is 2.31. The number of carbonyl (C=O) groups is 2. The molecule has 3 rings (SSSR count). The zero-order valence-corrected chi connectivity index (χ0v) is 10.6. The highest BCUT2D eigenvalue weighted by atomic mass is 16.6. The van der Waals surface area contributed by atoms with Gasteiger partial charge in [0.15, 0.2) is 0 Å². The minimum atomic E-state index is -0.824. The minimum Gasteiger partial charge on any atom is -0.366 e. The van der Waals surface area contributed by atoms with Gasteiger partial charge < -0.3 is 5.73 Å². The van der Waals surface area contributed by atoms with Crippen molar-refractivity contribution in [2.75, 3.05) is 0 Å². The van der Waals surface area contributed by atoms with Crippen LogP contribution in [0.5, 0.6) is 0 Å². The zero-order chi connectivity index (χ0) is 15.1. The van der Waals surface area contributed by atoms with Gasteiger partial charge in [-0.05, 0) is 24.3 Å². The van der Waals surface area contributed by atoms with Crippen LogP contribution in [0.1, 0.15) is 20.7 Å². The van der Waals surface area contributed by atoms with Crippen molar-refractivity contribution in [3.05, 3.63) is 75.1 Å². The molecular formula is C14H9N3O4. The summed E-state index contributed by atoms with van der Waals surface area (Å²) in [5.74, 6) is -1.26. The average molecular weight is 283 g/mol. The molecule has 0 aromatic heterocycles. The quantitative estimate of drug-likeness (QED) is 0.669. The van der Waals surface area contributed by atoms with Crippen LogP contribution in [0, 0.1) is 10.1 Å². The molecular weight excluding hydrogens is 274 g/mol. The third-order valence-electron chi connectivity index (χ3n) is 3.21. The lowest BCUT2D eigenvalue weighted by Crippen LogP contribution is -2.36. The maximum absolute atomic E-state index is 12.4. The Hall–Kier alpha value is -3.22. The summed E-state index contributed by atoms with van der Waals surface area (Å²) in [4.78, 5) is 35.3. The van der Waals surface area contributed by atoms with Crippen LogP contribution in [0.15, 0.2) is 53.9 Å². The number of nitrogens with two attached hydrogens (primary N) is 1. The number of fused-ring (bicyclic) bond motifs is 2. The molecule has 0 atom stereocenters. The molecule has 2 amide bonds. The number of rotatable bonds is 3. The highest BCUT2D eigenvalue weighted by molar-refractivity contribution is 6.02. The van der Waals surface area contributed by atoms with E-state index in [2.05, 4.69) is 0 Å². The Labute approximate surface area is 118 Å². The molecule has 104 valence electrons. The number of hydrogen-bond acceptors (Lipinski definition) is 4. The van der Waals surface area contributed by atoms with Gasteiger partial charge in [-0.2, -0.15) is 0 Å². The Kier molecular flexibility index (Phi) is 2.69. The largest absolute Gasteiger partial charge is 0.366 e. The molecule has 0 aliphatic carbocycles. The second-order valence-corrected chi connectivity index (χ2v) is 4.55. The van der Waals surface area contributed by atoms with Crippen molar-refractivity contribution in [1.29, 1.82) is 0 Å². The molecule has 7 heteroatoms. The van der Waals surface area contributed by atoms with Crippen LogP contribution in [-0.2, 0) is 0 Å². The number of nitro groups is 1. The lowest BCUT2D eigenvalue weighted by molar-refractivity contribution is -0.384. The molecule has 0 spiro atoms. The van der Waals surface area contributed by atoms with Crippen LogP contribution in [0.2, 0.25) is 0 Å². The van der Waals surface area contributed by atoms with Gasteiger partial charge in [-0.3, -0.25) is 24.6 Å². The van der Waals surface area contributed by atoms with E-state index in [-0.39, 0.29) is 16.8 Å². The van der Waals surface area contributed by atoms with Gasteiger partial charge in [-0.15, -0.1) is 0 Å². The third-order valence-corrected chi connectivity index (χ3v) is 3.21. The summed E-state index contributed by atoms with van der Waals surface area (Å²) in [6.45, 7) is 0. The molecule has 2 aliphatic heterocycles. The normalized spacial score (nSPS) is 15.0. The van der Waals surface area contributed by atoms with Crippen molar-refractivity contribution < 1.29 is 14.5 Å². The Morgan fingerprint density at radius 1 is 1.14 bits per heavy atom. The maximum atomic E-state index is 12.4. The van der Waals surface area contributed by atoms with Crippen molar-refractivity contribution >= 4 is 17.5 Å². The van der Waals surface area contributed by atoms with E-state index >= 15 is 0 Å². The average Bonchev–Trinajstić information content (AvgIpc) is 2.47. The lowest BCUT2D eigenvalue weighted by atomic mass is 10.0. The van der Waals surface area contributed by atoms with Gasteiger partial charge in [0.2, 0.25) is 5.91 Å². The van der Waals surface area contributed by atoms with Crippen molar-refractivity contribution in [2.45, 2.75) is 0 Å². The lowest BCUT2D eigenvalue weighted by Gasteiger charge is -2.34. The fourth-order valence-corrected chi connectivity index (χ4v) is 2.20. The van der Waals surface area contributed by atoms with Crippen LogP contribution in [0.25, 0.3) is 0 Å². The van der Waals surface area contributed by atoms with E-state index in [9.17, 15) is 19.7 Å². The van der Waals surface area contributed by atoms with Crippen molar-refractivity contribution in [1.82, 2.24) is 4.90 Å². The zero-order valence-electron chi connectivity index (χ0n) is 10.6. The number of non-ortho nitro benzene ring substituents is 1. The van der Waals surface area contributed by atoms with Gasteiger partial charge in [0.05, 0.1) is 16.3 Å². The molecule has 7 nitrogen and oxygen atoms in total. The monoisotopic (exact) mass is 283 g/mol. The van der Waals surface area contributed by atoms with Crippen molar-refractivity contribution in [3.63, 3.8) is 0 Å². The molecule has 0 saturated carbocycles. The van der Waals surface area contributed by atoms with Gasteiger partial charge in [0.1, 0.15) is 0 Å². The van der Waals surface area contributed by atoms with Crippen LogP contribution >= 0.6 is 0 Å². The minimum absolute atomic E-state index is 0.0461. The van der Waals surface area contributed by atoms with Crippen LogP contribution in [0.4, 0.5) is 5.69 Å². The number of carbonyl (C=O) groups excluding carboxylic acids is 2. The van der Waals surface area contributed by atoms with Gasteiger partial charge in [0, 0.05) is 23.3 Å². The highest BCUT2D eigenvalue weighted by Crippen LogP contribution is 2.33. The summed E-state index contributed by atoms with van der Waals surface area (Å²) < 4.78 is 0. The first-order valence-electron chi connectivity index (χ1n) is 6.01. The first kappa shape index (κ1) is 12.8. The summed E-state index contributed by atoms with van der Waals surface area (Å²) in [6, 6.07) is 3.44. The standard InChI is InChI=1S/C14H9N3O4/c15-13(18)8-4-9(6-12(5-8)17(20)21)14(19)16-10-2-1-3-11(16)7-10/h1-7H,(H2,15,18). The third kappa shape index (κ3) is 2.00. The van der Waals surface area contributed by atoms with Gasteiger partial charge in [-0.25, -0.2) is 0 Å². The Morgan fingerprint density at radius 3 is 2.38 bits per heavy atom. The van der Waals surface area contributed by atoms with E-state index < -0.39 is 16.7 Å². The molecule has 2 N–H and O–H groups in total. The SMILES string of the molecule is NC(=O)c1cc(C(=O)N2c3cccc2c3)cc([N+](=O)[O-])c1. The second-order valence-electron chi connectivity index (χ2n) is 4.55. The van der Waals surface area contributed by atoms with E-state index in [0.717, 1.165) is 12.1 Å². The number of nitro benzene ring substituents is 1. The Balaban J connectivity index is 2.02. The smallest absolute Gasteiger partial charge is 0.271 e. The first-order valence-corrected chi connectivity index (χ1v) is 6.01. The molecule has 2 aliphatic rings. The number of allylic oxidation sites excluding steroid dienone is 4. The predicted octanol–water partition coefficient (Wildman–Crippen LogP) is 1.49. The van der Waals surface area contributed by atoms with E-state index in [0.29, 0.717) is 11.4 Å². The Morgan fingerprint density at radius 2 is 1.86 bits per heavy atom. The maximum Gasteiger partial charge on any atom is 0.271 e. The van der Waals surface area contributed by atoms with Crippen molar-refractivity contribution in [3.8, 4) is 0 Å². The second kappa shape index (κ2) is 4.41. The molecule has 0 fully saturated rings. The summed E-state index contributed by atoms with van der Waals surface area (Å²) in [7, 11) is 0. The summed E-state index contributed by atoms with van der Waals surface area (Å²) in [6.07, 6.45) is 7.11. The number of nitrogens with zero attached hydrogens (tertiary/aromatic N) is 2. The number of amides is 2. The van der Waals surface area contributed by atoms with Crippen LogP contribution in [-0.4, -0.2) is 21.6 Å². The topological polar surface area (TPSA) is 107 Å². The first-order chi connectivity index (χ1) is 9.97. The molecule has 0 unspecified atom stereocenters. The van der Waals surface area contributed by atoms with E-state index in [1.165, 1.54) is 11.0 Å². The molecule has 2 bridgehead atoms. The molecule has 0 radical (unpaired) electrons. The van der Waals surface area contributed by atoms with E-state index in [4.69, 9.17) is 5.73 Å². The predicted molar refractivity (Wildman–Crippen MR) is 73.1 cm³/mol. The number of hydrogen-bond donors (Lipinski definition) is 1. The molecule has 1 aromatic carbocycles. The summed E-state index contributed by atoms with van der Waals surface area (Å²) >= 11 is 0. The fourth-order valence-electron chi connectivity index (χ4n) is 2.20. The van der Waals surface area contributed by atoms with Gasteiger partial charge in [-0.1, -0.05) is 6.08 Å². The number of primary amides is 1. The molecule has 2 heterocycles. The number of benzene rings is 1. The molecule has 0 saturated heterocycles. The van der Waals surface area contributed by atoms with Crippen LogP contribution in [0.3, 0.4) is 0 Å². The molecule has 1 aromatic rings. The van der Waals surface area contributed by atoms with E-state index in [1.54, 1.807) is 18.2 Å². The van der Waals surface area contributed by atoms with Crippen LogP contribution < -0.4 is 5.73 Å². The Bertz CT molecular complexity index is 746. The van der Waals surface area contributed by atoms with Crippen molar-refractivity contribution in [2.24, 2.45) is 5.73 Å². The summed E-state index contributed by atoms with van der Waals surface area (Å²) in [5, 5.41) is 10.9. The fraction of sp³-hybridized carbons (Fsp3) is 0. The van der Waals surface area contributed by atoms with E-state index in [1.807, 2.05) is 6.08 Å².